The molecule has 0 bridgehead atoms. The molecule has 0 radical (unpaired) electrons. The maximum Gasteiger partial charge on any atom is 0.126 e. The molecule has 0 heterocycles. The molecule has 0 aliphatic carbocycles. The highest BCUT2D eigenvalue weighted by Crippen LogP contribution is 2.15. The Balaban J connectivity index is 2.43. The van der Waals surface area contributed by atoms with E-state index in [2.05, 4.69) is 5.32 Å². The number of rotatable bonds is 6. The Bertz CT molecular complexity index is 335. The Morgan fingerprint density at radius 2 is 1.76 bits per heavy atom. The molecule has 96 valence electrons. The first kappa shape index (κ1) is 14.1. The highest BCUT2D eigenvalue weighted by molar-refractivity contribution is 5.20. The minimum absolute atomic E-state index is 0.103. The van der Waals surface area contributed by atoms with Crippen LogP contribution in [0.5, 0.6) is 0 Å². The maximum atomic E-state index is 13.0. The molecule has 0 saturated heterocycles. The molecular formula is C13H19F2NO. The fourth-order valence-electron chi connectivity index (χ4n) is 1.66. The second kappa shape index (κ2) is 6.67. The van der Waals surface area contributed by atoms with Crippen molar-refractivity contribution in [3.63, 3.8) is 0 Å². The molecule has 1 aromatic carbocycles. The van der Waals surface area contributed by atoms with Crippen molar-refractivity contribution in [1.29, 1.82) is 0 Å². The van der Waals surface area contributed by atoms with Crippen LogP contribution in [0.1, 0.15) is 38.3 Å². The number of nitrogens with one attached hydrogen (secondary N) is 1. The van der Waals surface area contributed by atoms with E-state index in [-0.39, 0.29) is 12.1 Å². The molecule has 4 heteroatoms. The summed E-state index contributed by atoms with van der Waals surface area (Å²) in [5.41, 5.74) is 0.597. The number of aliphatic hydroxyl groups is 1. The van der Waals surface area contributed by atoms with Crippen LogP contribution in [0.3, 0.4) is 0 Å². The van der Waals surface area contributed by atoms with Crippen molar-refractivity contribution in [2.75, 3.05) is 6.54 Å². The summed E-state index contributed by atoms with van der Waals surface area (Å²) in [6, 6.07) is 3.42. The third-order valence-electron chi connectivity index (χ3n) is 2.63. The normalized spacial score (nSPS) is 14.6. The van der Waals surface area contributed by atoms with Gasteiger partial charge >= 0.3 is 0 Å². The van der Waals surface area contributed by atoms with Crippen LogP contribution in [0.2, 0.25) is 0 Å². The van der Waals surface area contributed by atoms with E-state index in [1.165, 1.54) is 12.1 Å². The largest absolute Gasteiger partial charge is 0.393 e. The molecule has 0 aliphatic heterocycles. The van der Waals surface area contributed by atoms with Gasteiger partial charge in [-0.05, 0) is 50.9 Å². The van der Waals surface area contributed by atoms with Crippen LogP contribution in [0.4, 0.5) is 8.78 Å². The molecule has 0 amide bonds. The zero-order valence-corrected chi connectivity index (χ0v) is 10.2. The number of aliphatic hydroxyl groups excluding tert-OH is 1. The molecule has 0 aromatic heterocycles. The van der Waals surface area contributed by atoms with E-state index in [0.717, 1.165) is 18.9 Å². The second-order valence-corrected chi connectivity index (χ2v) is 4.37. The Morgan fingerprint density at radius 1 is 1.18 bits per heavy atom. The summed E-state index contributed by atoms with van der Waals surface area (Å²) in [5, 5.41) is 12.2. The molecule has 2 N–H and O–H groups in total. The van der Waals surface area contributed by atoms with E-state index in [1.54, 1.807) is 6.92 Å². The topological polar surface area (TPSA) is 32.3 Å². The summed E-state index contributed by atoms with van der Waals surface area (Å²) in [5.74, 6) is -1.12. The predicted molar refractivity (Wildman–Crippen MR) is 63.7 cm³/mol. The van der Waals surface area contributed by atoms with Crippen molar-refractivity contribution in [3.8, 4) is 0 Å². The van der Waals surface area contributed by atoms with Gasteiger partial charge in [0.1, 0.15) is 11.6 Å². The zero-order valence-electron chi connectivity index (χ0n) is 10.2. The molecule has 17 heavy (non-hydrogen) atoms. The van der Waals surface area contributed by atoms with Crippen LogP contribution in [-0.4, -0.2) is 17.8 Å². The van der Waals surface area contributed by atoms with Gasteiger partial charge in [0, 0.05) is 12.1 Å². The van der Waals surface area contributed by atoms with Crippen molar-refractivity contribution >= 4 is 0 Å². The van der Waals surface area contributed by atoms with Crippen molar-refractivity contribution < 1.29 is 13.9 Å². The summed E-state index contributed by atoms with van der Waals surface area (Å²) in [7, 11) is 0. The fourth-order valence-corrected chi connectivity index (χ4v) is 1.66. The Hall–Kier alpha value is -1.00. The molecular weight excluding hydrogens is 224 g/mol. The van der Waals surface area contributed by atoms with Crippen molar-refractivity contribution in [2.24, 2.45) is 0 Å². The first-order chi connectivity index (χ1) is 7.99. The van der Waals surface area contributed by atoms with Gasteiger partial charge in [-0.15, -0.1) is 0 Å². The van der Waals surface area contributed by atoms with Crippen LogP contribution < -0.4 is 5.32 Å². The summed E-state index contributed by atoms with van der Waals surface area (Å²) in [4.78, 5) is 0. The number of halogens is 2. The average molecular weight is 243 g/mol. The van der Waals surface area contributed by atoms with Gasteiger partial charge in [0.2, 0.25) is 0 Å². The quantitative estimate of drug-likeness (QED) is 0.753. The van der Waals surface area contributed by atoms with Gasteiger partial charge in [0.25, 0.3) is 0 Å². The third kappa shape index (κ3) is 5.24. The molecule has 1 rings (SSSR count). The first-order valence-electron chi connectivity index (χ1n) is 5.86. The van der Waals surface area contributed by atoms with Gasteiger partial charge in [-0.25, -0.2) is 8.78 Å². The monoisotopic (exact) mass is 243 g/mol. The van der Waals surface area contributed by atoms with E-state index in [4.69, 9.17) is 5.11 Å². The number of hydrogen-bond acceptors (Lipinski definition) is 2. The summed E-state index contributed by atoms with van der Waals surface area (Å²) < 4.78 is 26.0. The van der Waals surface area contributed by atoms with Gasteiger partial charge in [-0.2, -0.15) is 0 Å². The Morgan fingerprint density at radius 3 is 2.29 bits per heavy atom. The van der Waals surface area contributed by atoms with Gasteiger partial charge in [-0.1, -0.05) is 0 Å². The summed E-state index contributed by atoms with van der Waals surface area (Å²) in [6.07, 6.45) is 1.25. The Labute approximate surface area is 101 Å². The van der Waals surface area contributed by atoms with Gasteiger partial charge in [0.05, 0.1) is 6.10 Å². The van der Waals surface area contributed by atoms with Gasteiger partial charge < -0.3 is 10.4 Å². The molecule has 0 saturated carbocycles. The minimum atomic E-state index is -0.558. The lowest BCUT2D eigenvalue weighted by Crippen LogP contribution is -2.21. The fraction of sp³-hybridized carbons (Fsp3) is 0.538. The minimum Gasteiger partial charge on any atom is -0.393 e. The molecule has 0 aliphatic rings. The molecule has 2 atom stereocenters. The average Bonchev–Trinajstić information content (AvgIpc) is 2.22. The highest BCUT2D eigenvalue weighted by atomic mass is 19.1. The standard InChI is InChI=1S/C13H19F2NO/c1-9(17)4-3-5-16-10(2)11-6-12(14)8-13(15)7-11/h6-10,16-17H,3-5H2,1-2H3. The summed E-state index contributed by atoms with van der Waals surface area (Å²) in [6.45, 7) is 4.31. The van der Waals surface area contributed by atoms with Crippen LogP contribution >= 0.6 is 0 Å². The van der Waals surface area contributed by atoms with E-state index in [1.807, 2.05) is 6.92 Å². The smallest absolute Gasteiger partial charge is 0.126 e. The SMILES string of the molecule is CC(O)CCCNC(C)c1cc(F)cc(F)c1. The molecule has 2 unspecified atom stereocenters. The Kier molecular flexibility index (Phi) is 5.51. The van der Waals surface area contributed by atoms with Crippen molar-refractivity contribution in [2.45, 2.75) is 38.8 Å². The van der Waals surface area contributed by atoms with E-state index >= 15 is 0 Å². The molecule has 0 spiro atoms. The van der Waals surface area contributed by atoms with Gasteiger partial charge in [-0.3, -0.25) is 0 Å². The van der Waals surface area contributed by atoms with Crippen LogP contribution in [-0.2, 0) is 0 Å². The van der Waals surface area contributed by atoms with Crippen molar-refractivity contribution in [3.05, 3.63) is 35.4 Å². The van der Waals surface area contributed by atoms with Gasteiger partial charge in [0.15, 0.2) is 0 Å². The maximum absolute atomic E-state index is 13.0. The van der Waals surface area contributed by atoms with E-state index in [9.17, 15) is 8.78 Å². The second-order valence-electron chi connectivity index (χ2n) is 4.37. The first-order valence-corrected chi connectivity index (χ1v) is 5.86. The molecule has 1 aromatic rings. The zero-order chi connectivity index (χ0) is 12.8. The molecule has 2 nitrogen and oxygen atoms in total. The predicted octanol–water partition coefficient (Wildman–Crippen LogP) is 2.78. The van der Waals surface area contributed by atoms with Crippen LogP contribution in [0.15, 0.2) is 18.2 Å². The van der Waals surface area contributed by atoms with Crippen molar-refractivity contribution in [1.82, 2.24) is 5.32 Å². The lowest BCUT2D eigenvalue weighted by atomic mass is 10.1. The summed E-state index contributed by atoms with van der Waals surface area (Å²) >= 11 is 0. The van der Waals surface area contributed by atoms with E-state index < -0.39 is 11.6 Å². The molecule has 0 fully saturated rings. The number of hydrogen-bond donors (Lipinski definition) is 2. The third-order valence-corrected chi connectivity index (χ3v) is 2.63. The lowest BCUT2D eigenvalue weighted by Gasteiger charge is -2.14. The van der Waals surface area contributed by atoms with E-state index in [0.29, 0.717) is 12.1 Å². The number of benzene rings is 1. The highest BCUT2D eigenvalue weighted by Gasteiger charge is 2.08. The lowest BCUT2D eigenvalue weighted by molar-refractivity contribution is 0.181. The van der Waals surface area contributed by atoms with Crippen LogP contribution in [0.25, 0.3) is 0 Å². The van der Waals surface area contributed by atoms with Crippen LogP contribution in [0, 0.1) is 11.6 Å².